The lowest BCUT2D eigenvalue weighted by Gasteiger charge is -2.28. The summed E-state index contributed by atoms with van der Waals surface area (Å²) in [5, 5.41) is 10.2. The van der Waals surface area contributed by atoms with E-state index in [-0.39, 0.29) is 22.9 Å². The highest BCUT2D eigenvalue weighted by Gasteiger charge is 2.51. The molecule has 252 valence electrons. The molecule has 0 saturated heterocycles. The molecular weight excluding hydrogens is 654 g/mol. The molecule has 0 fully saturated rings. The second-order valence-electron chi connectivity index (χ2n) is 10.1. The molecule has 0 spiro atoms. The first-order chi connectivity index (χ1) is 20.9. The molecule has 1 amide bonds. The van der Waals surface area contributed by atoms with Crippen LogP contribution in [0.4, 0.5) is 57.5 Å². The largest absolute Gasteiger partial charge is 0.496 e. The number of hydrogen-bond acceptors (Lipinski definition) is 4. The molecule has 1 atom stereocenters. The molecule has 0 radical (unpaired) electrons. The maximum atomic E-state index is 13.7. The van der Waals surface area contributed by atoms with Gasteiger partial charge in [0.15, 0.2) is 5.60 Å². The summed E-state index contributed by atoms with van der Waals surface area (Å²) in [6, 6.07) is 4.95. The Morgan fingerprint density at radius 2 is 1.20 bits per heavy atom. The number of benzene rings is 3. The Hall–Kier alpha value is -4.15. The molecule has 0 aliphatic carbocycles. The number of alkyl halides is 12. The average molecular weight is 677 g/mol. The number of nitrogens with zero attached hydrogens (tertiary/aromatic N) is 1. The van der Waals surface area contributed by atoms with Gasteiger partial charge in [-0.1, -0.05) is 12.1 Å². The van der Waals surface area contributed by atoms with Crippen LogP contribution in [0.3, 0.4) is 0 Å². The molecule has 3 aromatic rings. The van der Waals surface area contributed by atoms with Crippen LogP contribution in [-0.4, -0.2) is 36.5 Å². The molecule has 0 aliphatic heterocycles. The third-order valence-electron chi connectivity index (χ3n) is 6.85. The maximum Gasteiger partial charge on any atom is 0.421 e. The molecule has 1 N–H and O–H groups in total. The summed E-state index contributed by atoms with van der Waals surface area (Å²) in [6.07, 6.45) is -22.1. The molecule has 5 nitrogen and oxygen atoms in total. The van der Waals surface area contributed by atoms with Crippen LogP contribution >= 0.6 is 0 Å². The standard InChI is InChI=1S/C29H23F12NO4/c1-25(44,29(39,40)41)17-5-7-23(45-2)22(12-17)21-6-4-18(26(30,31)32)10-16(21)14-42(24(43)46-3)13-15-8-19(27(33,34)35)11-20(9-15)28(36,37)38/h4-12,44H,13-14H2,1-3H3. The second kappa shape index (κ2) is 12.6. The smallest absolute Gasteiger partial charge is 0.421 e. The summed E-state index contributed by atoms with van der Waals surface area (Å²) in [5.74, 6) is -0.194. The van der Waals surface area contributed by atoms with Crippen molar-refractivity contribution in [3.63, 3.8) is 0 Å². The van der Waals surface area contributed by atoms with Gasteiger partial charge in [-0.2, -0.15) is 52.7 Å². The van der Waals surface area contributed by atoms with Crippen molar-refractivity contribution in [2.75, 3.05) is 14.2 Å². The van der Waals surface area contributed by atoms with Crippen LogP contribution < -0.4 is 4.74 Å². The van der Waals surface area contributed by atoms with Gasteiger partial charge in [0.1, 0.15) is 5.75 Å². The van der Waals surface area contributed by atoms with Gasteiger partial charge in [-0.3, -0.25) is 4.90 Å². The summed E-state index contributed by atoms with van der Waals surface area (Å²) >= 11 is 0. The average Bonchev–Trinajstić information content (AvgIpc) is 2.93. The molecule has 17 heteroatoms. The Morgan fingerprint density at radius 3 is 1.65 bits per heavy atom. The van der Waals surface area contributed by atoms with Crippen LogP contribution in [0.15, 0.2) is 54.6 Å². The van der Waals surface area contributed by atoms with Crippen LogP contribution in [0.25, 0.3) is 11.1 Å². The first-order valence-electron chi connectivity index (χ1n) is 12.7. The molecule has 3 rings (SSSR count). The summed E-state index contributed by atoms with van der Waals surface area (Å²) in [4.78, 5) is 13.2. The van der Waals surface area contributed by atoms with Crippen molar-refractivity contribution in [2.45, 2.75) is 50.3 Å². The van der Waals surface area contributed by atoms with Gasteiger partial charge in [-0.25, -0.2) is 4.79 Å². The van der Waals surface area contributed by atoms with Gasteiger partial charge in [0.2, 0.25) is 0 Å². The SMILES string of the molecule is COC(=O)N(Cc1cc(C(F)(F)F)cc(C(F)(F)F)c1)Cc1cc(C(F)(F)F)ccc1-c1cc(C(C)(O)C(F)(F)F)ccc1OC. The number of hydrogen-bond donors (Lipinski definition) is 1. The number of halogens is 12. The van der Waals surface area contributed by atoms with E-state index in [0.717, 1.165) is 38.5 Å². The maximum absolute atomic E-state index is 13.7. The lowest BCUT2D eigenvalue weighted by molar-refractivity contribution is -0.258. The topological polar surface area (TPSA) is 59.0 Å². The van der Waals surface area contributed by atoms with Crippen LogP contribution in [0.2, 0.25) is 0 Å². The van der Waals surface area contributed by atoms with Gasteiger partial charge >= 0.3 is 30.8 Å². The Morgan fingerprint density at radius 1 is 0.674 bits per heavy atom. The minimum Gasteiger partial charge on any atom is -0.496 e. The monoisotopic (exact) mass is 677 g/mol. The summed E-state index contributed by atoms with van der Waals surface area (Å²) in [5.41, 5.74) is -10.7. The number of methoxy groups -OCH3 is 2. The Balaban J connectivity index is 2.25. The van der Waals surface area contributed by atoms with Gasteiger partial charge in [-0.05, 0) is 71.6 Å². The fourth-order valence-electron chi connectivity index (χ4n) is 4.40. The quantitative estimate of drug-likeness (QED) is 0.254. The summed E-state index contributed by atoms with van der Waals surface area (Å²) in [7, 11) is 1.87. The van der Waals surface area contributed by atoms with E-state index in [1.807, 2.05) is 0 Å². The van der Waals surface area contributed by atoms with Crippen LogP contribution in [-0.2, 0) is 42.0 Å². The molecule has 46 heavy (non-hydrogen) atoms. The number of carbonyl (C=O) groups excluding carboxylic acids is 1. The molecule has 0 aromatic heterocycles. The van der Waals surface area contributed by atoms with Gasteiger partial charge in [0.05, 0.1) is 30.9 Å². The van der Waals surface area contributed by atoms with E-state index in [1.165, 1.54) is 0 Å². The molecule has 0 saturated carbocycles. The van der Waals surface area contributed by atoms with E-state index in [2.05, 4.69) is 4.74 Å². The third-order valence-corrected chi connectivity index (χ3v) is 6.85. The molecule has 3 aromatic carbocycles. The molecule has 0 heterocycles. The van der Waals surface area contributed by atoms with E-state index in [9.17, 15) is 62.6 Å². The fourth-order valence-corrected chi connectivity index (χ4v) is 4.40. The van der Waals surface area contributed by atoms with Crippen LogP contribution in [0.5, 0.6) is 5.75 Å². The van der Waals surface area contributed by atoms with Crippen molar-refractivity contribution in [3.05, 3.63) is 88.0 Å². The molecular formula is C29H23F12NO4. The number of carbonyl (C=O) groups is 1. The molecule has 0 bridgehead atoms. The van der Waals surface area contributed by atoms with Crippen molar-refractivity contribution in [2.24, 2.45) is 0 Å². The van der Waals surface area contributed by atoms with Crippen LogP contribution in [0, 0.1) is 0 Å². The van der Waals surface area contributed by atoms with Crippen molar-refractivity contribution >= 4 is 6.09 Å². The fraction of sp³-hybridized carbons (Fsp3) is 0.345. The number of ether oxygens (including phenoxy) is 2. The van der Waals surface area contributed by atoms with E-state index < -0.39 is 82.9 Å². The normalized spacial score (nSPS) is 14.1. The Labute approximate surface area is 252 Å². The van der Waals surface area contributed by atoms with Crippen molar-refractivity contribution in [3.8, 4) is 16.9 Å². The molecule has 1 unspecified atom stereocenters. The zero-order valence-electron chi connectivity index (χ0n) is 23.8. The zero-order valence-corrected chi connectivity index (χ0v) is 23.8. The van der Waals surface area contributed by atoms with E-state index in [4.69, 9.17) is 4.74 Å². The third kappa shape index (κ3) is 7.97. The van der Waals surface area contributed by atoms with Gasteiger partial charge in [0.25, 0.3) is 0 Å². The highest BCUT2D eigenvalue weighted by Crippen LogP contribution is 2.44. The first kappa shape index (κ1) is 36.3. The van der Waals surface area contributed by atoms with Gasteiger partial charge in [0, 0.05) is 18.7 Å². The van der Waals surface area contributed by atoms with Crippen molar-refractivity contribution in [1.29, 1.82) is 0 Å². The van der Waals surface area contributed by atoms with E-state index >= 15 is 0 Å². The minimum atomic E-state index is -5.25. The Kier molecular flexibility index (Phi) is 9.92. The lowest BCUT2D eigenvalue weighted by Crippen LogP contribution is -2.39. The summed E-state index contributed by atoms with van der Waals surface area (Å²) < 4.78 is 172. The Bertz CT molecular complexity index is 1540. The first-order valence-corrected chi connectivity index (χ1v) is 12.7. The predicted octanol–water partition coefficient (Wildman–Crippen LogP) is 8.96. The summed E-state index contributed by atoms with van der Waals surface area (Å²) in [6.45, 7) is -1.56. The number of rotatable bonds is 7. The number of amides is 1. The van der Waals surface area contributed by atoms with Crippen LogP contribution in [0.1, 0.15) is 40.3 Å². The highest BCUT2D eigenvalue weighted by molar-refractivity contribution is 5.76. The van der Waals surface area contributed by atoms with E-state index in [1.54, 1.807) is 0 Å². The van der Waals surface area contributed by atoms with Gasteiger partial charge < -0.3 is 14.6 Å². The number of aliphatic hydroxyl groups is 1. The highest BCUT2D eigenvalue weighted by atomic mass is 19.4. The van der Waals surface area contributed by atoms with Crippen molar-refractivity contribution < 1.29 is 72.1 Å². The van der Waals surface area contributed by atoms with Crippen molar-refractivity contribution in [1.82, 2.24) is 4.90 Å². The zero-order chi connectivity index (χ0) is 35.0. The molecule has 0 aliphatic rings. The lowest BCUT2D eigenvalue weighted by atomic mass is 9.89. The van der Waals surface area contributed by atoms with E-state index in [0.29, 0.717) is 36.1 Å². The minimum absolute atomic E-state index is 0.161. The second-order valence-corrected chi connectivity index (χ2v) is 10.1. The van der Waals surface area contributed by atoms with Gasteiger partial charge in [-0.15, -0.1) is 0 Å². The predicted molar refractivity (Wildman–Crippen MR) is 137 cm³/mol.